The molecule has 0 saturated heterocycles. The van der Waals surface area contributed by atoms with Crippen LogP contribution in [0.4, 0.5) is 11.8 Å². The number of nitrogen functional groups attached to an aromatic ring is 1. The minimum absolute atomic E-state index is 0.0144. The number of carbonyl (C=O) groups excluding carboxylic acids is 1. The number of carboxylic acid groups (broad SMARTS) is 1. The lowest BCUT2D eigenvalue weighted by molar-refractivity contribution is -0.134. The fourth-order valence-corrected chi connectivity index (χ4v) is 2.33. The van der Waals surface area contributed by atoms with Gasteiger partial charge in [-0.2, -0.15) is 9.97 Å². The molecule has 132 valence electrons. The third-order valence-electron chi connectivity index (χ3n) is 3.60. The van der Waals surface area contributed by atoms with Crippen LogP contribution in [0.3, 0.4) is 0 Å². The van der Waals surface area contributed by atoms with Gasteiger partial charge in [0.25, 0.3) is 0 Å². The SMILES string of the molecule is Nc1nc(NCC(=O)O)nc2nc(C(=O)CCc3ccccc3)cnc12. The van der Waals surface area contributed by atoms with E-state index in [0.717, 1.165) is 5.56 Å². The van der Waals surface area contributed by atoms with Crippen LogP contribution in [0.5, 0.6) is 0 Å². The first kappa shape index (κ1) is 17.2. The van der Waals surface area contributed by atoms with E-state index >= 15 is 0 Å². The highest BCUT2D eigenvalue weighted by Gasteiger charge is 2.13. The Morgan fingerprint density at radius 1 is 1.12 bits per heavy atom. The topological polar surface area (TPSA) is 144 Å². The lowest BCUT2D eigenvalue weighted by atomic mass is 10.1. The molecule has 4 N–H and O–H groups in total. The molecule has 0 amide bonds. The van der Waals surface area contributed by atoms with Crippen molar-refractivity contribution in [3.8, 4) is 0 Å². The van der Waals surface area contributed by atoms with Crippen molar-refractivity contribution < 1.29 is 14.7 Å². The van der Waals surface area contributed by atoms with E-state index in [4.69, 9.17) is 10.8 Å². The number of benzene rings is 1. The van der Waals surface area contributed by atoms with Crippen molar-refractivity contribution in [2.24, 2.45) is 0 Å². The Balaban J connectivity index is 1.80. The lowest BCUT2D eigenvalue weighted by Gasteiger charge is -2.06. The van der Waals surface area contributed by atoms with Gasteiger partial charge >= 0.3 is 5.97 Å². The van der Waals surface area contributed by atoms with Gasteiger partial charge in [-0.25, -0.2) is 9.97 Å². The van der Waals surface area contributed by atoms with E-state index in [2.05, 4.69) is 25.3 Å². The Kier molecular flexibility index (Phi) is 4.97. The summed E-state index contributed by atoms with van der Waals surface area (Å²) < 4.78 is 0. The summed E-state index contributed by atoms with van der Waals surface area (Å²) in [6, 6.07) is 9.66. The Bertz CT molecular complexity index is 961. The van der Waals surface area contributed by atoms with Crippen molar-refractivity contribution in [2.75, 3.05) is 17.6 Å². The standard InChI is InChI=1S/C17H16N6O3/c18-15-14-16(23-17(22-15)20-9-13(25)26)21-11(8-19-14)12(24)7-6-10-4-2-1-3-5-10/h1-5,8H,6-7,9H2,(H,25,26)(H3,18,20,21,22,23). The molecule has 0 bridgehead atoms. The molecule has 0 atom stereocenters. The number of hydrogen-bond donors (Lipinski definition) is 3. The van der Waals surface area contributed by atoms with Crippen LogP contribution in [0.15, 0.2) is 36.5 Å². The largest absolute Gasteiger partial charge is 0.480 e. The predicted molar refractivity (Wildman–Crippen MR) is 94.8 cm³/mol. The van der Waals surface area contributed by atoms with Gasteiger partial charge in [0.2, 0.25) is 5.95 Å². The normalized spacial score (nSPS) is 10.6. The number of nitrogens with zero attached hydrogens (tertiary/aromatic N) is 4. The van der Waals surface area contributed by atoms with Gasteiger partial charge in [-0.3, -0.25) is 9.59 Å². The fraction of sp³-hybridized carbons (Fsp3) is 0.176. The monoisotopic (exact) mass is 352 g/mol. The number of nitrogens with two attached hydrogens (primary N) is 1. The highest BCUT2D eigenvalue weighted by molar-refractivity contribution is 5.96. The van der Waals surface area contributed by atoms with Gasteiger partial charge in [-0.15, -0.1) is 0 Å². The third kappa shape index (κ3) is 4.07. The zero-order chi connectivity index (χ0) is 18.5. The summed E-state index contributed by atoms with van der Waals surface area (Å²) >= 11 is 0. The molecule has 2 aromatic heterocycles. The van der Waals surface area contributed by atoms with Crippen LogP contribution >= 0.6 is 0 Å². The summed E-state index contributed by atoms with van der Waals surface area (Å²) in [7, 11) is 0. The fourth-order valence-electron chi connectivity index (χ4n) is 2.33. The summed E-state index contributed by atoms with van der Waals surface area (Å²) in [6.45, 7) is -0.367. The summed E-state index contributed by atoms with van der Waals surface area (Å²) in [5, 5.41) is 11.2. The Morgan fingerprint density at radius 2 is 1.88 bits per heavy atom. The van der Waals surface area contributed by atoms with E-state index in [1.807, 2.05) is 30.3 Å². The predicted octanol–water partition coefficient (Wildman–Crippen LogP) is 1.31. The van der Waals surface area contributed by atoms with Crippen molar-refractivity contribution in [2.45, 2.75) is 12.8 Å². The van der Waals surface area contributed by atoms with Crippen LogP contribution in [0, 0.1) is 0 Å². The zero-order valence-electron chi connectivity index (χ0n) is 13.7. The van der Waals surface area contributed by atoms with E-state index in [9.17, 15) is 9.59 Å². The number of anilines is 2. The molecule has 0 radical (unpaired) electrons. The maximum atomic E-state index is 12.4. The zero-order valence-corrected chi connectivity index (χ0v) is 13.7. The maximum Gasteiger partial charge on any atom is 0.322 e. The van der Waals surface area contributed by atoms with Gasteiger partial charge in [0.1, 0.15) is 17.8 Å². The van der Waals surface area contributed by atoms with Crippen molar-refractivity contribution in [3.05, 3.63) is 47.8 Å². The molecular weight excluding hydrogens is 336 g/mol. The summed E-state index contributed by atoms with van der Waals surface area (Å²) in [6.07, 6.45) is 2.23. The highest BCUT2D eigenvalue weighted by atomic mass is 16.4. The second-order valence-corrected chi connectivity index (χ2v) is 5.52. The van der Waals surface area contributed by atoms with Crippen molar-refractivity contribution in [1.29, 1.82) is 0 Å². The van der Waals surface area contributed by atoms with Gasteiger partial charge in [0, 0.05) is 6.42 Å². The number of carboxylic acids is 1. The first-order chi connectivity index (χ1) is 12.5. The van der Waals surface area contributed by atoms with Crippen LogP contribution in [0.1, 0.15) is 22.5 Å². The summed E-state index contributed by atoms with van der Waals surface area (Å²) in [5.74, 6) is -1.16. The number of aryl methyl sites for hydroxylation is 1. The Labute approximate surface area is 148 Å². The molecule has 3 aromatic rings. The Morgan fingerprint density at radius 3 is 2.62 bits per heavy atom. The van der Waals surface area contributed by atoms with E-state index in [1.54, 1.807) is 0 Å². The van der Waals surface area contributed by atoms with Gasteiger partial charge in [0.15, 0.2) is 17.2 Å². The molecule has 2 heterocycles. The Hall–Kier alpha value is -3.62. The van der Waals surface area contributed by atoms with E-state index in [1.165, 1.54) is 6.20 Å². The van der Waals surface area contributed by atoms with Crippen molar-refractivity contribution in [1.82, 2.24) is 19.9 Å². The molecule has 0 saturated carbocycles. The minimum atomic E-state index is -1.07. The maximum absolute atomic E-state index is 12.4. The van der Waals surface area contributed by atoms with Crippen LogP contribution in [0.2, 0.25) is 0 Å². The molecule has 0 fully saturated rings. The van der Waals surface area contributed by atoms with Crippen LogP contribution in [0.25, 0.3) is 11.2 Å². The van der Waals surface area contributed by atoms with Gasteiger partial charge in [0.05, 0.1) is 6.20 Å². The van der Waals surface area contributed by atoms with Gasteiger partial charge in [-0.05, 0) is 12.0 Å². The van der Waals surface area contributed by atoms with E-state index in [0.29, 0.717) is 6.42 Å². The molecule has 3 rings (SSSR count). The van der Waals surface area contributed by atoms with E-state index < -0.39 is 5.97 Å². The number of ketones is 1. The number of Topliss-reactive ketones (excluding diaryl/α,β-unsaturated/α-hetero) is 1. The summed E-state index contributed by atoms with van der Waals surface area (Å²) in [4.78, 5) is 39.3. The quantitative estimate of drug-likeness (QED) is 0.536. The van der Waals surface area contributed by atoms with Crippen LogP contribution in [-0.2, 0) is 11.2 Å². The van der Waals surface area contributed by atoms with Crippen LogP contribution < -0.4 is 11.1 Å². The third-order valence-corrected chi connectivity index (χ3v) is 3.60. The molecule has 9 nitrogen and oxygen atoms in total. The van der Waals surface area contributed by atoms with Crippen LogP contribution in [-0.4, -0.2) is 43.3 Å². The minimum Gasteiger partial charge on any atom is -0.480 e. The number of fused-ring (bicyclic) bond motifs is 1. The number of nitrogens with one attached hydrogen (secondary N) is 1. The number of carbonyl (C=O) groups is 2. The van der Waals surface area contributed by atoms with Crippen molar-refractivity contribution in [3.63, 3.8) is 0 Å². The van der Waals surface area contributed by atoms with Gasteiger partial charge in [-0.1, -0.05) is 30.3 Å². The molecule has 0 spiro atoms. The second-order valence-electron chi connectivity index (χ2n) is 5.52. The average molecular weight is 352 g/mol. The molecule has 0 aliphatic heterocycles. The first-order valence-corrected chi connectivity index (χ1v) is 7.86. The van der Waals surface area contributed by atoms with Gasteiger partial charge < -0.3 is 16.2 Å². The smallest absolute Gasteiger partial charge is 0.322 e. The lowest BCUT2D eigenvalue weighted by Crippen LogP contribution is -2.15. The van der Waals surface area contributed by atoms with E-state index in [-0.39, 0.29) is 47.4 Å². The number of hydrogen-bond acceptors (Lipinski definition) is 8. The second kappa shape index (κ2) is 7.51. The average Bonchev–Trinajstić information content (AvgIpc) is 2.65. The number of aliphatic carboxylic acids is 1. The van der Waals surface area contributed by atoms with Crippen molar-refractivity contribution >= 4 is 34.7 Å². The molecule has 1 aromatic carbocycles. The molecule has 0 aliphatic rings. The summed E-state index contributed by atoms with van der Waals surface area (Å²) in [5.41, 5.74) is 7.42. The number of aromatic nitrogens is 4. The number of rotatable bonds is 7. The first-order valence-electron chi connectivity index (χ1n) is 7.86. The molecule has 26 heavy (non-hydrogen) atoms. The molecular formula is C17H16N6O3. The molecule has 0 aliphatic carbocycles. The highest BCUT2D eigenvalue weighted by Crippen LogP contribution is 2.16. The molecule has 9 heteroatoms. The molecule has 0 unspecified atom stereocenters.